The predicted octanol–water partition coefficient (Wildman–Crippen LogP) is 2.27. The van der Waals surface area contributed by atoms with Crippen molar-refractivity contribution in [2.24, 2.45) is 11.3 Å². The topological polar surface area (TPSA) is 60.9 Å². The molecular weight excluding hydrogens is 244 g/mol. The molecule has 0 aromatic carbocycles. The average molecular weight is 270 g/mol. The van der Waals surface area contributed by atoms with Gasteiger partial charge >= 0.3 is 12.0 Å². The molecule has 110 valence electrons. The van der Waals surface area contributed by atoms with Gasteiger partial charge in [-0.25, -0.2) is 4.79 Å². The summed E-state index contributed by atoms with van der Waals surface area (Å²) < 4.78 is 0. The van der Waals surface area contributed by atoms with Gasteiger partial charge < -0.3 is 14.9 Å². The number of carbonyl (C=O) groups is 2. The van der Waals surface area contributed by atoms with Crippen LogP contribution < -0.4 is 0 Å². The molecule has 1 N–H and O–H groups in total. The van der Waals surface area contributed by atoms with Gasteiger partial charge in [-0.3, -0.25) is 4.79 Å². The van der Waals surface area contributed by atoms with Crippen molar-refractivity contribution in [2.45, 2.75) is 46.6 Å². The number of urea groups is 1. The molecule has 0 radical (unpaired) electrons. The van der Waals surface area contributed by atoms with Crippen molar-refractivity contribution in [1.82, 2.24) is 9.80 Å². The van der Waals surface area contributed by atoms with Crippen molar-refractivity contribution in [3.8, 4) is 0 Å². The lowest BCUT2D eigenvalue weighted by molar-refractivity contribution is -0.143. The van der Waals surface area contributed by atoms with Gasteiger partial charge in [-0.05, 0) is 25.2 Å². The van der Waals surface area contributed by atoms with E-state index in [4.69, 9.17) is 5.11 Å². The van der Waals surface area contributed by atoms with E-state index in [1.807, 2.05) is 14.0 Å². The van der Waals surface area contributed by atoms with Gasteiger partial charge in [0.1, 0.15) is 0 Å². The zero-order valence-corrected chi connectivity index (χ0v) is 12.6. The fourth-order valence-corrected chi connectivity index (χ4v) is 2.29. The Morgan fingerprint density at radius 3 is 2.11 bits per heavy atom. The molecule has 5 heteroatoms. The average Bonchev–Trinajstić information content (AvgIpc) is 2.35. The number of aliphatic carboxylic acids is 1. The van der Waals surface area contributed by atoms with E-state index in [-0.39, 0.29) is 23.4 Å². The SMILES string of the molecule is CC(N(C)C(=O)N1CCC(C(=O)O)CC1)C(C)(C)C. The number of carboxylic acid groups (broad SMARTS) is 1. The Hall–Kier alpha value is -1.26. The first-order valence-electron chi connectivity index (χ1n) is 6.89. The quantitative estimate of drug-likeness (QED) is 0.837. The summed E-state index contributed by atoms with van der Waals surface area (Å²) in [5, 5.41) is 8.95. The van der Waals surface area contributed by atoms with Crippen LogP contribution in [0.25, 0.3) is 0 Å². The molecule has 0 aromatic rings. The first kappa shape index (κ1) is 15.8. The highest BCUT2D eigenvalue weighted by Crippen LogP contribution is 2.25. The van der Waals surface area contributed by atoms with Gasteiger partial charge in [0.2, 0.25) is 0 Å². The normalized spacial score (nSPS) is 19.1. The maximum atomic E-state index is 12.4. The third-order valence-electron chi connectivity index (χ3n) is 4.25. The van der Waals surface area contributed by atoms with E-state index in [2.05, 4.69) is 20.8 Å². The molecule has 19 heavy (non-hydrogen) atoms. The molecule has 1 atom stereocenters. The Kier molecular flexibility index (Phi) is 4.82. The first-order chi connectivity index (χ1) is 8.64. The number of likely N-dealkylation sites (tertiary alicyclic amines) is 1. The summed E-state index contributed by atoms with van der Waals surface area (Å²) in [4.78, 5) is 26.8. The van der Waals surface area contributed by atoms with Gasteiger partial charge in [0.15, 0.2) is 0 Å². The molecule has 1 unspecified atom stereocenters. The van der Waals surface area contributed by atoms with Crippen molar-refractivity contribution in [2.75, 3.05) is 20.1 Å². The molecule has 1 fully saturated rings. The number of nitrogens with zero attached hydrogens (tertiary/aromatic N) is 2. The van der Waals surface area contributed by atoms with Gasteiger partial charge in [-0.1, -0.05) is 20.8 Å². The summed E-state index contributed by atoms with van der Waals surface area (Å²) in [7, 11) is 1.82. The molecule has 2 amide bonds. The lowest BCUT2D eigenvalue weighted by Crippen LogP contribution is -2.51. The maximum Gasteiger partial charge on any atom is 0.319 e. The van der Waals surface area contributed by atoms with Gasteiger partial charge in [-0.15, -0.1) is 0 Å². The molecule has 0 saturated carbocycles. The van der Waals surface area contributed by atoms with Crippen LogP contribution in [-0.2, 0) is 4.79 Å². The predicted molar refractivity (Wildman–Crippen MR) is 74.0 cm³/mol. The zero-order valence-electron chi connectivity index (χ0n) is 12.6. The summed E-state index contributed by atoms with van der Waals surface area (Å²) in [6.07, 6.45) is 1.11. The summed E-state index contributed by atoms with van der Waals surface area (Å²) >= 11 is 0. The molecule has 1 aliphatic heterocycles. The Balaban J connectivity index is 2.58. The van der Waals surface area contributed by atoms with E-state index in [0.717, 1.165) is 0 Å². The highest BCUT2D eigenvalue weighted by molar-refractivity contribution is 5.75. The second-order valence-electron chi connectivity index (χ2n) is 6.54. The fraction of sp³-hybridized carbons (Fsp3) is 0.857. The van der Waals surface area contributed by atoms with Crippen LogP contribution in [0.2, 0.25) is 0 Å². The Morgan fingerprint density at radius 1 is 1.26 bits per heavy atom. The number of rotatable bonds is 2. The van der Waals surface area contributed by atoms with Crippen molar-refractivity contribution in [3.05, 3.63) is 0 Å². The maximum absolute atomic E-state index is 12.4. The van der Waals surface area contributed by atoms with Gasteiger partial charge in [-0.2, -0.15) is 0 Å². The molecule has 0 spiro atoms. The third kappa shape index (κ3) is 3.85. The number of amides is 2. The number of carboxylic acids is 1. The van der Waals surface area contributed by atoms with Crippen LogP contribution >= 0.6 is 0 Å². The molecule has 1 heterocycles. The second kappa shape index (κ2) is 5.80. The van der Waals surface area contributed by atoms with Gasteiger partial charge in [0.05, 0.1) is 5.92 Å². The van der Waals surface area contributed by atoms with Crippen LogP contribution in [0.15, 0.2) is 0 Å². The zero-order chi connectivity index (χ0) is 14.8. The number of hydrogen-bond donors (Lipinski definition) is 1. The largest absolute Gasteiger partial charge is 0.481 e. The van der Waals surface area contributed by atoms with E-state index in [1.54, 1.807) is 9.80 Å². The minimum atomic E-state index is -0.747. The first-order valence-corrected chi connectivity index (χ1v) is 6.89. The van der Waals surface area contributed by atoms with Crippen LogP contribution in [0.5, 0.6) is 0 Å². The van der Waals surface area contributed by atoms with E-state index in [9.17, 15) is 9.59 Å². The number of carbonyl (C=O) groups excluding carboxylic acids is 1. The molecule has 1 rings (SSSR count). The van der Waals surface area contributed by atoms with Crippen LogP contribution in [0.1, 0.15) is 40.5 Å². The third-order valence-corrected chi connectivity index (χ3v) is 4.25. The van der Waals surface area contributed by atoms with Crippen molar-refractivity contribution < 1.29 is 14.7 Å². The Labute approximate surface area is 115 Å². The van der Waals surface area contributed by atoms with E-state index in [1.165, 1.54) is 0 Å². The molecule has 0 aromatic heterocycles. The Bertz CT molecular complexity index is 341. The molecule has 0 aliphatic carbocycles. The molecule has 0 bridgehead atoms. The fourth-order valence-electron chi connectivity index (χ4n) is 2.29. The van der Waals surface area contributed by atoms with Gasteiger partial charge in [0.25, 0.3) is 0 Å². The van der Waals surface area contributed by atoms with E-state index in [0.29, 0.717) is 25.9 Å². The smallest absolute Gasteiger partial charge is 0.319 e. The molecule has 5 nitrogen and oxygen atoms in total. The summed E-state index contributed by atoms with van der Waals surface area (Å²) in [5.74, 6) is -1.04. The molecular formula is C14H26N2O3. The lowest BCUT2D eigenvalue weighted by atomic mass is 9.87. The van der Waals surface area contributed by atoms with Gasteiger partial charge in [0, 0.05) is 26.2 Å². The van der Waals surface area contributed by atoms with Crippen molar-refractivity contribution >= 4 is 12.0 Å². The summed E-state index contributed by atoms with van der Waals surface area (Å²) in [6.45, 7) is 9.45. The minimum absolute atomic E-state index is 0.00580. The van der Waals surface area contributed by atoms with Crippen LogP contribution in [0.3, 0.4) is 0 Å². The highest BCUT2D eigenvalue weighted by atomic mass is 16.4. The monoisotopic (exact) mass is 270 g/mol. The van der Waals surface area contributed by atoms with E-state index < -0.39 is 5.97 Å². The summed E-state index contributed by atoms with van der Waals surface area (Å²) in [5.41, 5.74) is 0.0315. The number of hydrogen-bond acceptors (Lipinski definition) is 2. The molecule has 1 aliphatic rings. The van der Waals surface area contributed by atoms with E-state index >= 15 is 0 Å². The summed E-state index contributed by atoms with van der Waals surface area (Å²) in [6, 6.07) is 0.142. The number of piperidine rings is 1. The van der Waals surface area contributed by atoms with Crippen molar-refractivity contribution in [1.29, 1.82) is 0 Å². The lowest BCUT2D eigenvalue weighted by Gasteiger charge is -2.40. The highest BCUT2D eigenvalue weighted by Gasteiger charge is 2.32. The van der Waals surface area contributed by atoms with Crippen LogP contribution in [0, 0.1) is 11.3 Å². The van der Waals surface area contributed by atoms with Crippen molar-refractivity contribution in [3.63, 3.8) is 0 Å². The minimum Gasteiger partial charge on any atom is -0.481 e. The Morgan fingerprint density at radius 2 is 1.74 bits per heavy atom. The van der Waals surface area contributed by atoms with Crippen LogP contribution in [-0.4, -0.2) is 53.1 Å². The standard InChI is InChI=1S/C14H26N2O3/c1-10(14(2,3)4)15(5)13(19)16-8-6-11(7-9-16)12(17)18/h10-11H,6-9H2,1-5H3,(H,17,18). The molecule has 1 saturated heterocycles. The van der Waals surface area contributed by atoms with Crippen LogP contribution in [0.4, 0.5) is 4.79 Å². The second-order valence-corrected chi connectivity index (χ2v) is 6.54.